The van der Waals surface area contributed by atoms with Crippen LogP contribution in [0.2, 0.25) is 0 Å². The highest BCUT2D eigenvalue weighted by Gasteiger charge is 2.43. The van der Waals surface area contributed by atoms with Gasteiger partial charge >= 0.3 is 12.0 Å². The number of anilines is 1. The van der Waals surface area contributed by atoms with E-state index >= 15 is 0 Å². The molecule has 7 nitrogen and oxygen atoms in total. The number of ether oxygens (including phenoxy) is 1. The van der Waals surface area contributed by atoms with Crippen LogP contribution < -0.4 is 10.6 Å². The van der Waals surface area contributed by atoms with Crippen molar-refractivity contribution in [1.82, 2.24) is 10.2 Å². The maximum absolute atomic E-state index is 12.7. The van der Waals surface area contributed by atoms with E-state index in [1.807, 2.05) is 37.3 Å². The summed E-state index contributed by atoms with van der Waals surface area (Å²) < 4.78 is 5.00. The van der Waals surface area contributed by atoms with Gasteiger partial charge in [-0.05, 0) is 48.9 Å². The van der Waals surface area contributed by atoms with E-state index in [0.29, 0.717) is 23.5 Å². The zero-order valence-corrected chi connectivity index (χ0v) is 19.1. The summed E-state index contributed by atoms with van der Waals surface area (Å²) in [5.41, 5.74) is 3.61. The lowest BCUT2D eigenvalue weighted by molar-refractivity contribution is -0.136. The number of allylic oxidation sites excluding steroid dienone is 1. The SMILES string of the molecule is CCCN1C(=O)NC(c2ccc(NC(=O)C3CC3c3ccccc3)cc2)C(C(=O)OC)=C1C. The number of carbonyl (C=O) groups excluding carboxylic acids is 3. The number of carbonyl (C=O) groups is 3. The predicted molar refractivity (Wildman–Crippen MR) is 125 cm³/mol. The Morgan fingerprint density at radius 1 is 1.09 bits per heavy atom. The van der Waals surface area contributed by atoms with Gasteiger partial charge in [-0.1, -0.05) is 49.4 Å². The fourth-order valence-electron chi connectivity index (χ4n) is 4.45. The highest BCUT2D eigenvalue weighted by atomic mass is 16.5. The van der Waals surface area contributed by atoms with Crippen molar-refractivity contribution < 1.29 is 19.1 Å². The second-order valence-corrected chi connectivity index (χ2v) is 8.50. The maximum Gasteiger partial charge on any atom is 0.337 e. The van der Waals surface area contributed by atoms with Gasteiger partial charge in [0.1, 0.15) is 0 Å². The number of benzene rings is 2. The van der Waals surface area contributed by atoms with E-state index in [4.69, 9.17) is 4.74 Å². The molecular weight excluding hydrogens is 418 g/mol. The van der Waals surface area contributed by atoms with Crippen molar-refractivity contribution in [2.45, 2.75) is 38.6 Å². The molecule has 1 aliphatic carbocycles. The van der Waals surface area contributed by atoms with Crippen LogP contribution in [0.15, 0.2) is 65.9 Å². The lowest BCUT2D eigenvalue weighted by atomic mass is 9.94. The van der Waals surface area contributed by atoms with E-state index in [1.165, 1.54) is 12.7 Å². The second kappa shape index (κ2) is 9.48. The molecule has 33 heavy (non-hydrogen) atoms. The van der Waals surface area contributed by atoms with Crippen LogP contribution in [0.1, 0.15) is 49.8 Å². The van der Waals surface area contributed by atoms with Crippen LogP contribution in [0.5, 0.6) is 0 Å². The Morgan fingerprint density at radius 3 is 2.42 bits per heavy atom. The first-order valence-electron chi connectivity index (χ1n) is 11.3. The third-order valence-electron chi connectivity index (χ3n) is 6.32. The zero-order chi connectivity index (χ0) is 23.5. The quantitative estimate of drug-likeness (QED) is 0.618. The molecule has 0 spiro atoms. The van der Waals surface area contributed by atoms with Gasteiger partial charge < -0.3 is 15.4 Å². The molecule has 3 atom stereocenters. The number of hydrogen-bond donors (Lipinski definition) is 2. The summed E-state index contributed by atoms with van der Waals surface area (Å²) in [6.07, 6.45) is 1.62. The van der Waals surface area contributed by atoms with Gasteiger partial charge in [0.2, 0.25) is 5.91 Å². The van der Waals surface area contributed by atoms with Gasteiger partial charge in [-0.25, -0.2) is 9.59 Å². The van der Waals surface area contributed by atoms with E-state index in [-0.39, 0.29) is 23.8 Å². The minimum absolute atomic E-state index is 0.00349. The molecule has 1 fully saturated rings. The molecule has 1 aliphatic heterocycles. The summed E-state index contributed by atoms with van der Waals surface area (Å²) in [5.74, 6) is -0.226. The molecule has 2 N–H and O–H groups in total. The van der Waals surface area contributed by atoms with E-state index in [2.05, 4.69) is 22.8 Å². The molecule has 0 aromatic heterocycles. The number of rotatable bonds is 7. The lowest BCUT2D eigenvalue weighted by Gasteiger charge is -2.35. The smallest absolute Gasteiger partial charge is 0.337 e. The van der Waals surface area contributed by atoms with Crippen molar-refractivity contribution in [3.63, 3.8) is 0 Å². The van der Waals surface area contributed by atoms with Gasteiger partial charge in [0.25, 0.3) is 0 Å². The number of methoxy groups -OCH3 is 1. The molecule has 2 aliphatic rings. The van der Waals surface area contributed by atoms with Crippen molar-refractivity contribution in [2.75, 3.05) is 19.0 Å². The highest BCUT2D eigenvalue weighted by molar-refractivity contribution is 5.96. The minimum Gasteiger partial charge on any atom is -0.466 e. The third-order valence-corrected chi connectivity index (χ3v) is 6.32. The van der Waals surface area contributed by atoms with Gasteiger partial charge in [-0.15, -0.1) is 0 Å². The van der Waals surface area contributed by atoms with Gasteiger partial charge in [-0.2, -0.15) is 0 Å². The molecule has 0 saturated heterocycles. The number of amides is 3. The molecule has 3 unspecified atom stereocenters. The van der Waals surface area contributed by atoms with Crippen LogP contribution in [0.25, 0.3) is 0 Å². The van der Waals surface area contributed by atoms with Crippen LogP contribution in [-0.4, -0.2) is 36.5 Å². The molecular formula is C26H29N3O4. The summed E-state index contributed by atoms with van der Waals surface area (Å²) in [6.45, 7) is 4.25. The lowest BCUT2D eigenvalue weighted by Crippen LogP contribution is -2.48. The first kappa shape index (κ1) is 22.6. The number of esters is 1. The van der Waals surface area contributed by atoms with Crippen LogP contribution in [-0.2, 0) is 14.3 Å². The Morgan fingerprint density at radius 2 is 1.79 bits per heavy atom. The Labute approximate surface area is 193 Å². The fraction of sp³-hybridized carbons (Fsp3) is 0.346. The molecule has 4 rings (SSSR count). The Kier molecular flexibility index (Phi) is 6.49. The largest absolute Gasteiger partial charge is 0.466 e. The monoisotopic (exact) mass is 447 g/mol. The average molecular weight is 448 g/mol. The second-order valence-electron chi connectivity index (χ2n) is 8.50. The van der Waals surface area contributed by atoms with E-state index in [9.17, 15) is 14.4 Å². The molecule has 0 bridgehead atoms. The Bertz CT molecular complexity index is 1080. The first-order valence-corrected chi connectivity index (χ1v) is 11.3. The minimum atomic E-state index is -0.617. The van der Waals surface area contributed by atoms with Crippen LogP contribution in [0.3, 0.4) is 0 Å². The number of hydrogen-bond acceptors (Lipinski definition) is 4. The van der Waals surface area contributed by atoms with Crippen molar-refractivity contribution in [2.24, 2.45) is 5.92 Å². The fourth-order valence-corrected chi connectivity index (χ4v) is 4.45. The summed E-state index contributed by atoms with van der Waals surface area (Å²) in [6, 6.07) is 16.4. The number of nitrogens with one attached hydrogen (secondary N) is 2. The summed E-state index contributed by atoms with van der Waals surface area (Å²) in [7, 11) is 1.33. The molecule has 0 radical (unpaired) electrons. The molecule has 7 heteroatoms. The standard InChI is InChI=1S/C26H29N3O4/c1-4-14-29-16(2)22(25(31)33-3)23(28-26(29)32)18-10-12-19(13-11-18)27-24(30)21-15-20(21)17-8-6-5-7-9-17/h5-13,20-21,23H,4,14-15H2,1-3H3,(H,27,30)(H,28,32). The average Bonchev–Trinajstić information content (AvgIpc) is 3.63. The molecule has 3 amide bonds. The third kappa shape index (κ3) is 4.62. The van der Waals surface area contributed by atoms with E-state index in [1.54, 1.807) is 24.0 Å². The maximum atomic E-state index is 12.7. The van der Waals surface area contributed by atoms with Gasteiger partial charge in [0.15, 0.2) is 0 Å². The topological polar surface area (TPSA) is 87.7 Å². The zero-order valence-electron chi connectivity index (χ0n) is 19.1. The van der Waals surface area contributed by atoms with Gasteiger partial charge in [0.05, 0.1) is 18.7 Å². The molecule has 1 heterocycles. The normalized spacial score (nSPS) is 22.0. The van der Waals surface area contributed by atoms with Crippen molar-refractivity contribution in [3.8, 4) is 0 Å². The molecule has 2 aromatic carbocycles. The van der Waals surface area contributed by atoms with Crippen molar-refractivity contribution in [3.05, 3.63) is 77.0 Å². The number of urea groups is 1. The Hall–Kier alpha value is -3.61. The summed E-state index contributed by atoms with van der Waals surface area (Å²) in [4.78, 5) is 39.4. The van der Waals surface area contributed by atoms with Crippen LogP contribution in [0, 0.1) is 5.92 Å². The summed E-state index contributed by atoms with van der Waals surface area (Å²) >= 11 is 0. The van der Waals surface area contributed by atoms with E-state index < -0.39 is 12.0 Å². The van der Waals surface area contributed by atoms with Gasteiger partial charge in [-0.3, -0.25) is 9.69 Å². The highest BCUT2D eigenvalue weighted by Crippen LogP contribution is 2.47. The van der Waals surface area contributed by atoms with Crippen molar-refractivity contribution >= 4 is 23.6 Å². The molecule has 2 aromatic rings. The van der Waals surface area contributed by atoms with E-state index in [0.717, 1.165) is 18.4 Å². The predicted octanol–water partition coefficient (Wildman–Crippen LogP) is 4.35. The van der Waals surface area contributed by atoms with Crippen molar-refractivity contribution in [1.29, 1.82) is 0 Å². The molecule has 1 saturated carbocycles. The molecule has 172 valence electrons. The first-order chi connectivity index (χ1) is 15.9. The van der Waals surface area contributed by atoms with Crippen LogP contribution in [0.4, 0.5) is 10.5 Å². The Balaban J connectivity index is 1.48. The number of nitrogens with zero attached hydrogens (tertiary/aromatic N) is 1. The summed E-state index contributed by atoms with van der Waals surface area (Å²) in [5, 5.41) is 5.90. The van der Waals surface area contributed by atoms with Crippen LogP contribution >= 0.6 is 0 Å². The van der Waals surface area contributed by atoms with Gasteiger partial charge in [0, 0.05) is 23.8 Å².